The summed E-state index contributed by atoms with van der Waals surface area (Å²) in [4.78, 5) is 14.7. The highest BCUT2D eigenvalue weighted by Crippen LogP contribution is 2.42. The minimum absolute atomic E-state index is 0.0677. The molecule has 2 aliphatic rings. The number of rotatable bonds is 8. The van der Waals surface area contributed by atoms with Gasteiger partial charge in [0.05, 0.1) is 17.9 Å². The van der Waals surface area contributed by atoms with Crippen LogP contribution in [0, 0.1) is 0 Å². The summed E-state index contributed by atoms with van der Waals surface area (Å²) in [5, 5.41) is 10.4. The Hall–Kier alpha value is -1.71. The molecule has 0 amide bonds. The quantitative estimate of drug-likeness (QED) is 0.668. The van der Waals surface area contributed by atoms with Gasteiger partial charge in [-0.25, -0.2) is 0 Å². The lowest BCUT2D eigenvalue weighted by Gasteiger charge is -2.41. The maximum atomic E-state index is 12.4. The number of piperidine rings is 1. The minimum atomic E-state index is 0.0677. The van der Waals surface area contributed by atoms with Crippen LogP contribution in [0.15, 0.2) is 12.1 Å². The highest BCUT2D eigenvalue weighted by atomic mass is 16.5. The van der Waals surface area contributed by atoms with E-state index in [4.69, 9.17) is 4.74 Å². The molecule has 0 bridgehead atoms. The van der Waals surface area contributed by atoms with Gasteiger partial charge in [0.2, 0.25) is 0 Å². The Labute approximate surface area is 151 Å². The third-order valence-corrected chi connectivity index (χ3v) is 5.47. The number of phenols is 1. The highest BCUT2D eigenvalue weighted by molar-refractivity contribution is 6.06. The van der Waals surface area contributed by atoms with Crippen molar-refractivity contribution in [3.63, 3.8) is 0 Å². The number of aromatic hydroxyl groups is 1. The molecule has 1 saturated heterocycles. The number of nitrogens with zero attached hydrogens (tertiary/aromatic N) is 1. The molecule has 0 aliphatic carbocycles. The van der Waals surface area contributed by atoms with Gasteiger partial charge in [0.15, 0.2) is 5.78 Å². The predicted octanol–water partition coefficient (Wildman–Crippen LogP) is 5.08. The van der Waals surface area contributed by atoms with Crippen LogP contribution < -0.4 is 9.64 Å². The number of benzene rings is 1. The summed E-state index contributed by atoms with van der Waals surface area (Å²) in [6.45, 7) is 3.86. The van der Waals surface area contributed by atoms with Gasteiger partial charge in [-0.3, -0.25) is 4.79 Å². The number of unbranched alkanes of at least 4 members (excludes halogenated alkanes) is 5. The number of carbonyl (C=O) groups excluding carboxylic acids is 1. The number of ether oxygens (including phenoxy) is 1. The second-order valence-corrected chi connectivity index (χ2v) is 7.42. The van der Waals surface area contributed by atoms with Crippen LogP contribution in [0.5, 0.6) is 11.5 Å². The van der Waals surface area contributed by atoms with Crippen LogP contribution in [0.3, 0.4) is 0 Å². The average molecular weight is 345 g/mol. The third kappa shape index (κ3) is 4.28. The average Bonchev–Trinajstić information content (AvgIpc) is 2.60. The number of hydrogen-bond donors (Lipinski definition) is 1. The predicted molar refractivity (Wildman–Crippen MR) is 101 cm³/mol. The van der Waals surface area contributed by atoms with E-state index in [1.54, 1.807) is 6.07 Å². The van der Waals surface area contributed by atoms with Crippen molar-refractivity contribution in [1.82, 2.24) is 0 Å². The van der Waals surface area contributed by atoms with Crippen molar-refractivity contribution < 1.29 is 14.6 Å². The van der Waals surface area contributed by atoms with E-state index in [0.29, 0.717) is 30.4 Å². The van der Waals surface area contributed by atoms with Crippen molar-refractivity contribution in [2.75, 3.05) is 18.1 Å². The van der Waals surface area contributed by atoms with Crippen LogP contribution in [0.25, 0.3) is 0 Å². The van der Waals surface area contributed by atoms with Crippen molar-refractivity contribution in [3.8, 4) is 11.5 Å². The second-order valence-electron chi connectivity index (χ2n) is 7.42. The zero-order valence-electron chi connectivity index (χ0n) is 15.4. The summed E-state index contributed by atoms with van der Waals surface area (Å²) in [5.74, 6) is 0.825. The molecule has 0 saturated carbocycles. The maximum absolute atomic E-state index is 12.4. The summed E-state index contributed by atoms with van der Waals surface area (Å²) in [6.07, 6.45) is 11.3. The molecule has 4 heteroatoms. The van der Waals surface area contributed by atoms with Crippen LogP contribution in [0.4, 0.5) is 5.69 Å². The maximum Gasteiger partial charge on any atom is 0.170 e. The molecule has 1 N–H and O–H groups in total. The smallest absolute Gasteiger partial charge is 0.170 e. The van der Waals surface area contributed by atoms with Gasteiger partial charge in [-0.05, 0) is 25.7 Å². The topological polar surface area (TPSA) is 49.8 Å². The van der Waals surface area contributed by atoms with Gasteiger partial charge in [-0.1, -0.05) is 39.0 Å². The number of anilines is 1. The zero-order chi connectivity index (χ0) is 17.6. The van der Waals surface area contributed by atoms with Gasteiger partial charge in [-0.15, -0.1) is 0 Å². The van der Waals surface area contributed by atoms with Crippen molar-refractivity contribution in [1.29, 1.82) is 0 Å². The molecule has 1 aromatic carbocycles. The Bertz CT molecular complexity index is 599. The molecule has 1 aromatic rings. The van der Waals surface area contributed by atoms with Gasteiger partial charge in [0.25, 0.3) is 0 Å². The van der Waals surface area contributed by atoms with Crippen LogP contribution in [0.2, 0.25) is 0 Å². The number of Topliss-reactive ketones (excluding diaryl/α,β-unsaturated/α-hetero) is 1. The van der Waals surface area contributed by atoms with E-state index in [9.17, 15) is 9.90 Å². The molecule has 0 aromatic heterocycles. The Balaban J connectivity index is 1.63. The molecule has 2 heterocycles. The van der Waals surface area contributed by atoms with Gasteiger partial charge in [0.1, 0.15) is 11.5 Å². The van der Waals surface area contributed by atoms with Crippen LogP contribution in [-0.2, 0) is 0 Å². The van der Waals surface area contributed by atoms with E-state index in [1.165, 1.54) is 38.5 Å². The Morgan fingerprint density at radius 3 is 2.80 bits per heavy atom. The molecule has 1 atom stereocenters. The first-order valence-corrected chi connectivity index (χ1v) is 10.0. The SMILES string of the molecule is CCCCCCCCOc1cc(O)c2c(c1)N1CCCCC1CC2=O. The number of carbonyl (C=O) groups is 1. The first kappa shape index (κ1) is 18.1. The van der Waals surface area contributed by atoms with Gasteiger partial charge in [0, 0.05) is 31.1 Å². The minimum Gasteiger partial charge on any atom is -0.507 e. The molecule has 1 unspecified atom stereocenters. The van der Waals surface area contributed by atoms with Crippen molar-refractivity contribution in [3.05, 3.63) is 17.7 Å². The molecule has 138 valence electrons. The molecule has 25 heavy (non-hydrogen) atoms. The van der Waals surface area contributed by atoms with Crippen LogP contribution >= 0.6 is 0 Å². The summed E-state index contributed by atoms with van der Waals surface area (Å²) in [5.41, 5.74) is 1.36. The molecular formula is C21H31NO3. The van der Waals surface area contributed by atoms with E-state index in [1.807, 2.05) is 6.07 Å². The lowest BCUT2D eigenvalue weighted by Crippen LogP contribution is -2.44. The fraction of sp³-hybridized carbons (Fsp3) is 0.667. The van der Waals surface area contributed by atoms with Crippen LogP contribution in [-0.4, -0.2) is 30.1 Å². The Morgan fingerprint density at radius 2 is 1.96 bits per heavy atom. The number of hydrogen-bond acceptors (Lipinski definition) is 4. The molecule has 4 nitrogen and oxygen atoms in total. The van der Waals surface area contributed by atoms with Crippen molar-refractivity contribution in [2.24, 2.45) is 0 Å². The molecule has 3 rings (SSSR count). The van der Waals surface area contributed by atoms with E-state index in [0.717, 1.165) is 31.5 Å². The van der Waals surface area contributed by atoms with E-state index in [-0.39, 0.29) is 11.5 Å². The zero-order valence-corrected chi connectivity index (χ0v) is 15.4. The van der Waals surface area contributed by atoms with E-state index in [2.05, 4.69) is 11.8 Å². The Morgan fingerprint density at radius 1 is 1.16 bits per heavy atom. The lowest BCUT2D eigenvalue weighted by atomic mass is 9.88. The fourth-order valence-electron chi connectivity index (χ4n) is 4.10. The summed E-state index contributed by atoms with van der Waals surface area (Å²) >= 11 is 0. The summed E-state index contributed by atoms with van der Waals surface area (Å²) in [7, 11) is 0. The molecular weight excluding hydrogens is 314 g/mol. The fourth-order valence-corrected chi connectivity index (χ4v) is 4.10. The van der Waals surface area contributed by atoms with Crippen molar-refractivity contribution >= 4 is 11.5 Å². The Kier molecular flexibility index (Phi) is 6.22. The first-order valence-electron chi connectivity index (χ1n) is 10.0. The van der Waals surface area contributed by atoms with Gasteiger partial charge in [-0.2, -0.15) is 0 Å². The highest BCUT2D eigenvalue weighted by Gasteiger charge is 2.35. The lowest BCUT2D eigenvalue weighted by molar-refractivity contribution is 0.0958. The third-order valence-electron chi connectivity index (χ3n) is 5.47. The standard InChI is InChI=1S/C21H31NO3/c1-2-3-4-5-6-9-12-25-17-14-18-21(20(24)15-17)19(23)13-16-10-7-8-11-22(16)18/h14-16,24H,2-13H2,1H3. The van der Waals surface area contributed by atoms with Gasteiger partial charge < -0.3 is 14.7 Å². The van der Waals surface area contributed by atoms with Gasteiger partial charge >= 0.3 is 0 Å². The monoisotopic (exact) mass is 345 g/mol. The van der Waals surface area contributed by atoms with E-state index >= 15 is 0 Å². The summed E-state index contributed by atoms with van der Waals surface area (Å²) < 4.78 is 5.88. The molecule has 2 aliphatic heterocycles. The molecule has 1 fully saturated rings. The van der Waals surface area contributed by atoms with E-state index < -0.39 is 0 Å². The second kappa shape index (κ2) is 8.59. The largest absolute Gasteiger partial charge is 0.507 e. The molecule has 0 radical (unpaired) electrons. The number of phenolic OH excluding ortho intramolecular Hbond substituents is 1. The normalized spacial score (nSPS) is 19.5. The molecule has 0 spiro atoms. The first-order chi connectivity index (χ1) is 12.2. The van der Waals surface area contributed by atoms with Crippen LogP contribution in [0.1, 0.15) is 81.5 Å². The number of ketones is 1. The summed E-state index contributed by atoms with van der Waals surface area (Å²) in [6, 6.07) is 3.86. The van der Waals surface area contributed by atoms with Crippen molar-refractivity contribution in [2.45, 2.75) is 77.2 Å². The number of fused-ring (bicyclic) bond motifs is 3.